The van der Waals surface area contributed by atoms with Gasteiger partial charge in [0.25, 0.3) is 0 Å². The second-order valence-electron chi connectivity index (χ2n) is 5.15. The van der Waals surface area contributed by atoms with Gasteiger partial charge < -0.3 is 11.1 Å². The van der Waals surface area contributed by atoms with E-state index in [1.165, 1.54) is 25.3 Å². The number of anilines is 2. The maximum Gasteiger partial charge on any atom is 0.183 e. The maximum atomic E-state index is 13.6. The molecule has 5 heteroatoms. The minimum atomic E-state index is -0.897. The summed E-state index contributed by atoms with van der Waals surface area (Å²) in [5, 5.41) is 2.94. The van der Waals surface area contributed by atoms with E-state index in [1.807, 2.05) is 0 Å². The van der Waals surface area contributed by atoms with Gasteiger partial charge in [-0.2, -0.15) is 0 Å². The summed E-state index contributed by atoms with van der Waals surface area (Å²) in [7, 11) is 0. The van der Waals surface area contributed by atoms with E-state index < -0.39 is 11.6 Å². The minimum absolute atomic E-state index is 0.0730. The Balaban J connectivity index is 1.96. The van der Waals surface area contributed by atoms with Gasteiger partial charge in [0.2, 0.25) is 0 Å². The molecule has 0 aromatic heterocycles. The molecule has 0 bridgehead atoms. The maximum absolute atomic E-state index is 13.6. The van der Waals surface area contributed by atoms with Crippen molar-refractivity contribution < 1.29 is 8.78 Å². The average Bonchev–Trinajstić information content (AvgIpc) is 2.44. The predicted octanol–water partition coefficient (Wildman–Crippen LogP) is 2.83. The predicted molar refractivity (Wildman–Crippen MR) is 74.1 cm³/mol. The third kappa shape index (κ3) is 3.35. The molecule has 0 amide bonds. The smallest absolute Gasteiger partial charge is 0.183 e. The van der Waals surface area contributed by atoms with Crippen LogP contribution in [0.3, 0.4) is 0 Å². The second kappa shape index (κ2) is 6.19. The molecule has 1 fully saturated rings. The molecule has 19 heavy (non-hydrogen) atoms. The average molecular weight is 269 g/mol. The highest BCUT2D eigenvalue weighted by Crippen LogP contribution is 2.24. The molecule has 1 atom stereocenters. The Morgan fingerprint density at radius 2 is 1.95 bits per heavy atom. The van der Waals surface area contributed by atoms with Crippen molar-refractivity contribution in [3.8, 4) is 0 Å². The quantitative estimate of drug-likeness (QED) is 0.826. The molecular weight excluding hydrogens is 248 g/mol. The van der Waals surface area contributed by atoms with Gasteiger partial charge in [0.15, 0.2) is 11.6 Å². The molecule has 106 valence electrons. The number of piperidine rings is 1. The molecule has 1 aromatic rings. The Bertz CT molecular complexity index is 431. The van der Waals surface area contributed by atoms with Gasteiger partial charge in [-0.1, -0.05) is 6.42 Å². The molecule has 1 saturated heterocycles. The molecule has 1 heterocycles. The van der Waals surface area contributed by atoms with Gasteiger partial charge in [0.1, 0.15) is 0 Å². The molecule has 0 saturated carbocycles. The highest BCUT2D eigenvalue weighted by Gasteiger charge is 2.18. The fraction of sp³-hybridized carbons (Fsp3) is 0.571. The van der Waals surface area contributed by atoms with Gasteiger partial charge in [-0.3, -0.25) is 4.90 Å². The highest BCUT2D eigenvalue weighted by atomic mass is 19.2. The third-order valence-electron chi connectivity index (χ3n) is 3.72. The van der Waals surface area contributed by atoms with Gasteiger partial charge in [-0.25, -0.2) is 8.78 Å². The summed E-state index contributed by atoms with van der Waals surface area (Å²) in [6.07, 6.45) is 3.70. The van der Waals surface area contributed by atoms with Crippen molar-refractivity contribution in [2.45, 2.75) is 32.2 Å². The number of likely N-dealkylation sites (tertiary alicyclic amines) is 1. The van der Waals surface area contributed by atoms with Crippen LogP contribution in [-0.2, 0) is 0 Å². The summed E-state index contributed by atoms with van der Waals surface area (Å²) >= 11 is 0. The van der Waals surface area contributed by atoms with Crippen LogP contribution in [0.15, 0.2) is 12.1 Å². The van der Waals surface area contributed by atoms with Crippen molar-refractivity contribution >= 4 is 11.4 Å². The molecule has 1 unspecified atom stereocenters. The zero-order chi connectivity index (χ0) is 13.8. The van der Waals surface area contributed by atoms with E-state index in [-0.39, 0.29) is 17.4 Å². The normalized spacial score (nSPS) is 18.3. The van der Waals surface area contributed by atoms with E-state index in [9.17, 15) is 8.78 Å². The van der Waals surface area contributed by atoms with Gasteiger partial charge in [0, 0.05) is 12.6 Å². The molecule has 1 aliphatic heterocycles. The van der Waals surface area contributed by atoms with Crippen LogP contribution in [0.1, 0.15) is 26.2 Å². The van der Waals surface area contributed by atoms with Crippen molar-refractivity contribution in [2.24, 2.45) is 0 Å². The Kier molecular flexibility index (Phi) is 4.58. The van der Waals surface area contributed by atoms with Crippen LogP contribution in [0.5, 0.6) is 0 Å². The van der Waals surface area contributed by atoms with Crippen molar-refractivity contribution in [1.29, 1.82) is 0 Å². The van der Waals surface area contributed by atoms with Crippen LogP contribution in [0.2, 0.25) is 0 Å². The summed E-state index contributed by atoms with van der Waals surface area (Å²) in [6, 6.07) is 2.71. The number of hydrogen-bond acceptors (Lipinski definition) is 3. The van der Waals surface area contributed by atoms with E-state index in [0.29, 0.717) is 6.54 Å². The monoisotopic (exact) mass is 269 g/mol. The largest absolute Gasteiger partial charge is 0.397 e. The van der Waals surface area contributed by atoms with E-state index >= 15 is 0 Å². The summed E-state index contributed by atoms with van der Waals surface area (Å²) in [6.45, 7) is 4.80. The van der Waals surface area contributed by atoms with Gasteiger partial charge in [-0.05, 0) is 45.0 Å². The van der Waals surface area contributed by atoms with Gasteiger partial charge >= 0.3 is 0 Å². The Labute approximate surface area is 112 Å². The van der Waals surface area contributed by atoms with E-state index in [1.54, 1.807) is 0 Å². The van der Waals surface area contributed by atoms with E-state index in [4.69, 9.17) is 5.73 Å². The summed E-state index contributed by atoms with van der Waals surface area (Å²) < 4.78 is 26.8. The fourth-order valence-corrected chi connectivity index (χ4v) is 2.48. The SMILES string of the molecule is CC(CNc1c(N)ccc(F)c1F)N1CCCCC1. The van der Waals surface area contributed by atoms with Crippen LogP contribution < -0.4 is 11.1 Å². The second-order valence-corrected chi connectivity index (χ2v) is 5.15. The number of nitrogens with zero attached hydrogens (tertiary/aromatic N) is 1. The van der Waals surface area contributed by atoms with Gasteiger partial charge in [0.05, 0.1) is 11.4 Å². The summed E-state index contributed by atoms with van der Waals surface area (Å²) in [5.41, 5.74) is 5.99. The topological polar surface area (TPSA) is 41.3 Å². The lowest BCUT2D eigenvalue weighted by atomic mass is 10.1. The fourth-order valence-electron chi connectivity index (χ4n) is 2.48. The Morgan fingerprint density at radius 3 is 2.63 bits per heavy atom. The molecule has 3 N–H and O–H groups in total. The Morgan fingerprint density at radius 1 is 1.26 bits per heavy atom. The first-order valence-electron chi connectivity index (χ1n) is 6.81. The van der Waals surface area contributed by atoms with E-state index in [2.05, 4.69) is 17.1 Å². The number of nitrogen functional groups attached to an aromatic ring is 1. The first-order chi connectivity index (χ1) is 9.09. The molecular formula is C14H21F2N3. The van der Waals surface area contributed by atoms with Crippen LogP contribution in [0.25, 0.3) is 0 Å². The number of hydrogen-bond donors (Lipinski definition) is 2. The van der Waals surface area contributed by atoms with Crippen molar-refractivity contribution in [3.05, 3.63) is 23.8 Å². The first kappa shape index (κ1) is 14.1. The van der Waals surface area contributed by atoms with Crippen LogP contribution in [0.4, 0.5) is 20.2 Å². The molecule has 1 aromatic carbocycles. The standard InChI is InChI=1S/C14H21F2N3/c1-10(19-7-3-2-4-8-19)9-18-14-12(17)6-5-11(15)13(14)16/h5-6,10,18H,2-4,7-9,17H2,1H3. The number of nitrogens with two attached hydrogens (primary N) is 1. The molecule has 2 rings (SSSR count). The number of nitrogens with one attached hydrogen (secondary N) is 1. The highest BCUT2D eigenvalue weighted by molar-refractivity contribution is 5.66. The lowest BCUT2D eigenvalue weighted by molar-refractivity contribution is 0.180. The molecule has 0 spiro atoms. The Hall–Kier alpha value is -1.36. The number of halogens is 2. The molecule has 0 aliphatic carbocycles. The molecule has 0 radical (unpaired) electrons. The summed E-state index contributed by atoms with van der Waals surface area (Å²) in [4.78, 5) is 2.36. The van der Waals surface area contributed by atoms with Crippen LogP contribution >= 0.6 is 0 Å². The summed E-state index contributed by atoms with van der Waals surface area (Å²) in [5.74, 6) is -1.77. The zero-order valence-corrected chi connectivity index (χ0v) is 11.3. The first-order valence-corrected chi connectivity index (χ1v) is 6.81. The number of rotatable bonds is 4. The third-order valence-corrected chi connectivity index (χ3v) is 3.72. The lowest BCUT2D eigenvalue weighted by Crippen LogP contribution is -2.41. The number of benzene rings is 1. The van der Waals surface area contributed by atoms with Crippen LogP contribution in [-0.4, -0.2) is 30.6 Å². The van der Waals surface area contributed by atoms with Crippen LogP contribution in [0, 0.1) is 11.6 Å². The minimum Gasteiger partial charge on any atom is -0.397 e. The van der Waals surface area contributed by atoms with Crippen molar-refractivity contribution in [3.63, 3.8) is 0 Å². The van der Waals surface area contributed by atoms with Gasteiger partial charge in [-0.15, -0.1) is 0 Å². The van der Waals surface area contributed by atoms with Crippen molar-refractivity contribution in [2.75, 3.05) is 30.7 Å². The molecule has 1 aliphatic rings. The van der Waals surface area contributed by atoms with E-state index in [0.717, 1.165) is 19.2 Å². The lowest BCUT2D eigenvalue weighted by Gasteiger charge is -2.32. The zero-order valence-electron chi connectivity index (χ0n) is 11.3. The molecule has 3 nitrogen and oxygen atoms in total. The van der Waals surface area contributed by atoms with Crippen molar-refractivity contribution in [1.82, 2.24) is 4.90 Å².